The van der Waals surface area contributed by atoms with E-state index in [4.69, 9.17) is 23.3 Å². The van der Waals surface area contributed by atoms with Crippen LogP contribution in [-0.4, -0.2) is 63.3 Å². The molecule has 1 N–H and O–H groups in total. The molecular weight excluding hydrogens is 961 g/mol. The van der Waals surface area contributed by atoms with Gasteiger partial charge in [-0.2, -0.15) is 4.40 Å². The summed E-state index contributed by atoms with van der Waals surface area (Å²) in [6, 6.07) is 12.9. The monoisotopic (exact) mass is 1040 g/mol. The number of nitrogens with zero attached hydrogens (tertiary/aromatic N) is 1. The van der Waals surface area contributed by atoms with Crippen molar-refractivity contribution >= 4 is 59.5 Å². The Morgan fingerprint density at radius 2 is 1.35 bits per heavy atom. The Labute approximate surface area is 403 Å². The highest BCUT2D eigenvalue weighted by molar-refractivity contribution is 9.10. The van der Waals surface area contributed by atoms with Crippen LogP contribution >= 0.6 is 31.9 Å². The lowest BCUT2D eigenvalue weighted by Gasteiger charge is -2.53. The van der Waals surface area contributed by atoms with Gasteiger partial charge in [-0.15, -0.1) is 0 Å². The Morgan fingerprint density at radius 3 is 1.86 bits per heavy atom. The molecule has 354 valence electrons. The van der Waals surface area contributed by atoms with Gasteiger partial charge in [-0.3, -0.25) is 0 Å². The first kappa shape index (κ1) is 53.9. The maximum atomic E-state index is 13.6. The van der Waals surface area contributed by atoms with Crippen molar-refractivity contribution in [3.05, 3.63) is 92.3 Å². The molecule has 63 heavy (non-hydrogen) atoms. The van der Waals surface area contributed by atoms with Crippen LogP contribution in [0.1, 0.15) is 150 Å². The van der Waals surface area contributed by atoms with E-state index >= 15 is 0 Å². The van der Waals surface area contributed by atoms with Crippen LogP contribution in [0.15, 0.2) is 74.4 Å². The number of hydrogen-bond donors (Lipinski definition) is 1. The average molecular weight is 1040 g/mol. The number of rotatable bonds is 12. The lowest BCUT2D eigenvalue weighted by atomic mass is 9.58. The summed E-state index contributed by atoms with van der Waals surface area (Å²) in [6.45, 7) is 31.5. The van der Waals surface area contributed by atoms with Crippen molar-refractivity contribution in [1.82, 2.24) is 4.72 Å². The minimum Gasteiger partial charge on any atom is -0.499 e. The molecule has 9 atom stereocenters. The Morgan fingerprint density at radius 1 is 0.794 bits per heavy atom. The number of halogens is 2. The van der Waals surface area contributed by atoms with E-state index < -0.39 is 32.3 Å². The summed E-state index contributed by atoms with van der Waals surface area (Å²) in [5.41, 5.74) is 5.13. The molecule has 0 bridgehead atoms. The second kappa shape index (κ2) is 22.4. The van der Waals surface area contributed by atoms with Crippen LogP contribution in [0.5, 0.6) is 0 Å². The Balaban J connectivity index is 0.000000248. The molecule has 0 saturated heterocycles. The fourth-order valence-electron chi connectivity index (χ4n) is 10.4. The standard InChI is InChI=1S/C25H38BrNO3S.C21H30BrNO2S.C5H10O/c1-8-18-15-24(13-12-22(18)29-7)16-19-10-11-20(26)14-21(19)25(24,17(3)30-9-2)27-31(28)23(4,5)6;1-6-14-12-21(10-9-18(14)25-5)13-15-7-8-16(22)11-17(15)19(21)23-26(24)20(2,3)4;1-4-6-5(2)3/h10-11,14,18,22,27H,3,8-9,12-13,15-16H2,1-2,4-7H3;7-8,11,14,18H,6,9-10,12-13H2,1-5H3;2,4H2,1,3H3/t18-,22-,24-,25+,31+;14-,18-,21-,26-;/m11./s1. The van der Waals surface area contributed by atoms with E-state index in [9.17, 15) is 8.42 Å². The molecular formula is C51H78Br2N2O6S2. The summed E-state index contributed by atoms with van der Waals surface area (Å²) in [5, 5.41) is 0. The highest BCUT2D eigenvalue weighted by atomic mass is 79.9. The first-order valence-corrected chi connectivity index (χ1v) is 26.8. The van der Waals surface area contributed by atoms with Crippen molar-refractivity contribution in [3.8, 4) is 0 Å². The van der Waals surface area contributed by atoms with Crippen molar-refractivity contribution in [2.24, 2.45) is 27.1 Å². The normalized spacial score (nSPS) is 29.2. The number of hydrogen-bond acceptors (Lipinski definition) is 6. The van der Waals surface area contributed by atoms with E-state index in [1.807, 2.05) is 76.5 Å². The third-order valence-electron chi connectivity index (χ3n) is 13.6. The van der Waals surface area contributed by atoms with E-state index in [1.165, 1.54) is 16.7 Å². The first-order chi connectivity index (χ1) is 29.5. The summed E-state index contributed by atoms with van der Waals surface area (Å²) in [5.74, 6) is 2.43. The number of allylic oxidation sites excluding steroid dienone is 1. The molecule has 2 saturated carbocycles. The van der Waals surface area contributed by atoms with Crippen molar-refractivity contribution in [2.45, 2.75) is 168 Å². The molecule has 2 fully saturated rings. The molecule has 4 aliphatic rings. The number of methoxy groups -OCH3 is 2. The molecule has 4 aliphatic carbocycles. The quantitative estimate of drug-likeness (QED) is 0.213. The molecule has 12 heteroatoms. The highest BCUT2D eigenvalue weighted by Gasteiger charge is 2.63. The zero-order chi connectivity index (χ0) is 47.1. The molecule has 8 nitrogen and oxygen atoms in total. The van der Waals surface area contributed by atoms with Gasteiger partial charge in [0.25, 0.3) is 0 Å². The van der Waals surface area contributed by atoms with Crippen LogP contribution in [0, 0.1) is 22.7 Å². The van der Waals surface area contributed by atoms with E-state index in [0.29, 0.717) is 30.3 Å². The third kappa shape index (κ3) is 12.1. The summed E-state index contributed by atoms with van der Waals surface area (Å²) in [7, 11) is 1.11. The van der Waals surface area contributed by atoms with Crippen LogP contribution < -0.4 is 4.72 Å². The molecule has 2 aromatic rings. The second-order valence-electron chi connectivity index (χ2n) is 19.9. The van der Waals surface area contributed by atoms with E-state index in [1.54, 1.807) is 0 Å². The molecule has 0 heterocycles. The fourth-order valence-corrected chi connectivity index (χ4v) is 12.9. The topological polar surface area (TPSA) is 95.5 Å². The Bertz CT molecular complexity index is 1990. The van der Waals surface area contributed by atoms with E-state index in [0.717, 1.165) is 96.8 Å². The molecule has 6 rings (SSSR count). The first-order valence-electron chi connectivity index (χ1n) is 23.0. The number of fused-ring (bicyclic) bond motifs is 2. The van der Waals surface area contributed by atoms with Crippen molar-refractivity contribution < 1.29 is 27.4 Å². The van der Waals surface area contributed by atoms with Gasteiger partial charge in [-0.05, 0) is 166 Å². The van der Waals surface area contributed by atoms with Gasteiger partial charge in [0.2, 0.25) is 0 Å². The van der Waals surface area contributed by atoms with Gasteiger partial charge < -0.3 is 18.9 Å². The second-order valence-corrected chi connectivity index (χ2v) is 25.6. The summed E-state index contributed by atoms with van der Waals surface area (Å²) in [6.07, 6.45) is 10.8. The fraction of sp³-hybridized carbons (Fsp3) is 0.667. The summed E-state index contributed by atoms with van der Waals surface area (Å²) >= 11 is 7.28. The third-order valence-corrected chi connectivity index (χ3v) is 17.6. The molecule has 0 radical (unpaired) electrons. The van der Waals surface area contributed by atoms with E-state index in [2.05, 4.69) is 100.0 Å². The van der Waals surface area contributed by atoms with Gasteiger partial charge in [-0.25, -0.2) is 13.1 Å². The van der Waals surface area contributed by atoms with Gasteiger partial charge in [0.15, 0.2) is 0 Å². The zero-order valence-corrected chi connectivity index (χ0v) is 45.4. The van der Waals surface area contributed by atoms with Gasteiger partial charge in [0.1, 0.15) is 22.3 Å². The minimum absolute atomic E-state index is 0.000255. The van der Waals surface area contributed by atoms with Crippen LogP contribution in [0.3, 0.4) is 0 Å². The summed E-state index contributed by atoms with van der Waals surface area (Å²) in [4.78, 5) is 0. The molecule has 2 spiro atoms. The average Bonchev–Trinajstić information content (AvgIpc) is 3.64. The SMILES string of the molecule is C=C(C)OCC.C=C(OCC)[C@]1(N[S@@](=O)C(C)(C)C)c2cc(Br)ccc2C[C@]12CC[C@@H](OC)[C@H](CC)C2.CC[C@@H]1C[C@]2(CC[C@H]1OC)Cc1ccc(Br)cc1C2=N[S@](=O)C(C)(C)C. The predicted octanol–water partition coefficient (Wildman–Crippen LogP) is 13.0. The lowest BCUT2D eigenvalue weighted by Crippen LogP contribution is -2.60. The van der Waals surface area contributed by atoms with Crippen molar-refractivity contribution in [2.75, 3.05) is 27.4 Å². The van der Waals surface area contributed by atoms with Crippen LogP contribution in [0.25, 0.3) is 0 Å². The zero-order valence-electron chi connectivity index (χ0n) is 40.6. The van der Waals surface area contributed by atoms with Crippen LogP contribution in [-0.2, 0) is 59.3 Å². The van der Waals surface area contributed by atoms with Crippen LogP contribution in [0.4, 0.5) is 0 Å². The molecule has 0 amide bonds. The van der Waals surface area contributed by atoms with Gasteiger partial charge in [0, 0.05) is 39.6 Å². The lowest BCUT2D eigenvalue weighted by molar-refractivity contribution is -0.0544. The molecule has 0 aromatic heterocycles. The highest BCUT2D eigenvalue weighted by Crippen LogP contribution is 2.62. The maximum Gasteiger partial charge on any atom is 0.145 e. The van der Waals surface area contributed by atoms with Gasteiger partial charge in [0.05, 0.1) is 57.4 Å². The molecule has 0 unspecified atom stereocenters. The van der Waals surface area contributed by atoms with Gasteiger partial charge >= 0.3 is 0 Å². The Hall–Kier alpha value is -1.67. The van der Waals surface area contributed by atoms with Crippen LogP contribution in [0.2, 0.25) is 0 Å². The smallest absolute Gasteiger partial charge is 0.145 e. The van der Waals surface area contributed by atoms with E-state index in [-0.39, 0.29) is 21.7 Å². The van der Waals surface area contributed by atoms with Crippen molar-refractivity contribution in [3.63, 3.8) is 0 Å². The molecule has 0 aliphatic heterocycles. The Kier molecular flexibility index (Phi) is 19.2. The number of benzene rings is 2. The number of ether oxygens (including phenoxy) is 4. The molecule has 2 aromatic carbocycles. The minimum atomic E-state index is -1.29. The predicted molar refractivity (Wildman–Crippen MR) is 272 cm³/mol. The number of nitrogens with one attached hydrogen (secondary N) is 1. The summed E-state index contributed by atoms with van der Waals surface area (Å²) < 4.78 is 58.9. The van der Waals surface area contributed by atoms with Crippen molar-refractivity contribution in [1.29, 1.82) is 0 Å². The largest absolute Gasteiger partial charge is 0.499 e. The van der Waals surface area contributed by atoms with Gasteiger partial charge in [-0.1, -0.05) is 83.8 Å². The maximum absolute atomic E-state index is 13.6.